The van der Waals surface area contributed by atoms with Crippen molar-refractivity contribution in [2.45, 2.75) is 18.4 Å². The van der Waals surface area contributed by atoms with Crippen LogP contribution in [0.15, 0.2) is 41.0 Å². The lowest BCUT2D eigenvalue weighted by atomic mass is 9.84. The van der Waals surface area contributed by atoms with E-state index in [0.717, 1.165) is 47.4 Å². The van der Waals surface area contributed by atoms with Crippen molar-refractivity contribution in [1.29, 1.82) is 0 Å². The van der Waals surface area contributed by atoms with E-state index >= 15 is 0 Å². The first-order chi connectivity index (χ1) is 12.1. The molecule has 2 aliphatic rings. The van der Waals surface area contributed by atoms with Gasteiger partial charge in [-0.05, 0) is 28.1 Å². The number of aromatic amines is 1. The van der Waals surface area contributed by atoms with Gasteiger partial charge in [0.2, 0.25) is 5.95 Å². The molecule has 2 aromatic heterocycles. The summed E-state index contributed by atoms with van der Waals surface area (Å²) in [5, 5.41) is 0. The van der Waals surface area contributed by atoms with Crippen LogP contribution in [0.25, 0.3) is 11.2 Å². The van der Waals surface area contributed by atoms with Crippen LogP contribution in [-0.4, -0.2) is 34.0 Å². The summed E-state index contributed by atoms with van der Waals surface area (Å²) in [7, 11) is 0. The second-order valence-electron chi connectivity index (χ2n) is 6.50. The van der Waals surface area contributed by atoms with E-state index in [4.69, 9.17) is 4.74 Å². The molecule has 0 unspecified atom stereocenters. The third-order valence-electron chi connectivity index (χ3n) is 5.09. The maximum Gasteiger partial charge on any atom is 0.339 e. The predicted molar refractivity (Wildman–Crippen MR) is 96.6 cm³/mol. The molecular formula is C18H15BrN4O2. The Morgan fingerprint density at radius 3 is 2.88 bits per heavy atom. The minimum atomic E-state index is -0.489. The number of piperidine rings is 1. The SMILES string of the molecule is O=C1OC2(CCN(c3nc4ncc(Br)cc4[nH]3)CC2)c2ccccc21. The Bertz CT molecular complexity index is 992. The summed E-state index contributed by atoms with van der Waals surface area (Å²) in [5.41, 5.74) is 2.85. The summed E-state index contributed by atoms with van der Waals surface area (Å²) in [5.74, 6) is 0.606. The lowest BCUT2D eigenvalue weighted by Crippen LogP contribution is -2.43. The number of nitrogens with zero attached hydrogens (tertiary/aromatic N) is 3. The molecule has 2 aliphatic heterocycles. The Morgan fingerprint density at radius 1 is 1.24 bits per heavy atom. The van der Waals surface area contributed by atoms with Crippen LogP contribution in [0.5, 0.6) is 0 Å². The number of H-pyrrole nitrogens is 1. The van der Waals surface area contributed by atoms with Gasteiger partial charge in [0, 0.05) is 42.2 Å². The molecule has 1 N–H and O–H groups in total. The number of ether oxygens (including phenoxy) is 1. The molecular weight excluding hydrogens is 384 g/mol. The maximum atomic E-state index is 12.2. The fraction of sp³-hybridized carbons (Fsp3) is 0.278. The zero-order chi connectivity index (χ0) is 17.0. The highest BCUT2D eigenvalue weighted by molar-refractivity contribution is 9.10. The van der Waals surface area contributed by atoms with Crippen LogP contribution < -0.4 is 4.90 Å². The Hall–Kier alpha value is -2.41. The van der Waals surface area contributed by atoms with Crippen molar-refractivity contribution in [2.24, 2.45) is 0 Å². The normalized spacial score (nSPS) is 18.6. The molecule has 1 fully saturated rings. The number of carbonyl (C=O) groups is 1. The Labute approximate surface area is 152 Å². The highest BCUT2D eigenvalue weighted by Gasteiger charge is 2.47. The number of rotatable bonds is 1. The van der Waals surface area contributed by atoms with Crippen LogP contribution >= 0.6 is 15.9 Å². The number of hydrogen-bond donors (Lipinski definition) is 1. The molecule has 25 heavy (non-hydrogen) atoms. The van der Waals surface area contributed by atoms with Gasteiger partial charge in [-0.3, -0.25) is 0 Å². The molecule has 4 heterocycles. The van der Waals surface area contributed by atoms with Crippen molar-refractivity contribution in [3.8, 4) is 0 Å². The number of fused-ring (bicyclic) bond motifs is 3. The standard InChI is InChI=1S/C18H15BrN4O2/c19-11-9-14-15(20-10-11)22-17(21-14)23-7-5-18(6-8-23)13-4-2-1-3-12(13)16(24)25-18/h1-4,9-10H,5-8H2,(H,20,21,22). The smallest absolute Gasteiger partial charge is 0.339 e. The van der Waals surface area contributed by atoms with Gasteiger partial charge in [-0.2, -0.15) is 4.98 Å². The number of esters is 1. The number of benzene rings is 1. The molecule has 6 nitrogen and oxygen atoms in total. The number of aromatic nitrogens is 3. The van der Waals surface area contributed by atoms with Crippen molar-refractivity contribution < 1.29 is 9.53 Å². The van der Waals surface area contributed by atoms with Gasteiger partial charge >= 0.3 is 5.97 Å². The number of carbonyl (C=O) groups excluding carboxylic acids is 1. The van der Waals surface area contributed by atoms with Gasteiger partial charge in [0.05, 0.1) is 11.1 Å². The monoisotopic (exact) mass is 398 g/mol. The van der Waals surface area contributed by atoms with E-state index in [1.165, 1.54) is 0 Å². The zero-order valence-corrected chi connectivity index (χ0v) is 14.9. The van der Waals surface area contributed by atoms with Gasteiger partial charge in [0.15, 0.2) is 5.65 Å². The first kappa shape index (κ1) is 14.9. The molecule has 0 aliphatic carbocycles. The molecule has 1 saturated heterocycles. The summed E-state index contributed by atoms with van der Waals surface area (Å²) in [6.45, 7) is 1.53. The van der Waals surface area contributed by atoms with Crippen LogP contribution in [-0.2, 0) is 10.3 Å². The lowest BCUT2D eigenvalue weighted by molar-refractivity contribution is -0.0211. The minimum Gasteiger partial charge on any atom is -0.450 e. The number of anilines is 1. The Kier molecular flexibility index (Phi) is 3.15. The molecule has 3 aromatic rings. The molecule has 7 heteroatoms. The zero-order valence-electron chi connectivity index (χ0n) is 13.3. The molecule has 0 radical (unpaired) electrons. The first-order valence-electron chi connectivity index (χ1n) is 8.24. The van der Waals surface area contributed by atoms with Crippen molar-refractivity contribution in [3.63, 3.8) is 0 Å². The molecule has 0 bridgehead atoms. The molecule has 1 aromatic carbocycles. The van der Waals surface area contributed by atoms with E-state index in [1.807, 2.05) is 30.3 Å². The Morgan fingerprint density at radius 2 is 2.04 bits per heavy atom. The van der Waals surface area contributed by atoms with E-state index in [2.05, 4.69) is 35.8 Å². The highest BCUT2D eigenvalue weighted by atomic mass is 79.9. The second-order valence-corrected chi connectivity index (χ2v) is 7.42. The second kappa shape index (κ2) is 5.29. The lowest BCUT2D eigenvalue weighted by Gasteiger charge is -2.38. The fourth-order valence-corrected chi connectivity index (χ4v) is 4.14. The Balaban J connectivity index is 1.42. The van der Waals surface area contributed by atoms with Crippen LogP contribution in [0.3, 0.4) is 0 Å². The van der Waals surface area contributed by atoms with E-state index in [0.29, 0.717) is 11.2 Å². The van der Waals surface area contributed by atoms with Gasteiger partial charge in [-0.15, -0.1) is 0 Å². The largest absolute Gasteiger partial charge is 0.450 e. The molecule has 0 amide bonds. The number of halogens is 1. The third-order valence-corrected chi connectivity index (χ3v) is 5.52. The summed E-state index contributed by atoms with van der Waals surface area (Å²) < 4.78 is 6.72. The molecule has 5 rings (SSSR count). The van der Waals surface area contributed by atoms with Crippen LogP contribution in [0.1, 0.15) is 28.8 Å². The van der Waals surface area contributed by atoms with Crippen molar-refractivity contribution in [2.75, 3.05) is 18.0 Å². The van der Waals surface area contributed by atoms with Crippen molar-refractivity contribution in [1.82, 2.24) is 15.0 Å². The van der Waals surface area contributed by atoms with Gasteiger partial charge in [0.25, 0.3) is 0 Å². The van der Waals surface area contributed by atoms with E-state index in [-0.39, 0.29) is 5.97 Å². The van der Waals surface area contributed by atoms with Crippen molar-refractivity contribution in [3.05, 3.63) is 52.1 Å². The fourth-order valence-electron chi connectivity index (χ4n) is 3.81. The van der Waals surface area contributed by atoms with Crippen LogP contribution in [0.4, 0.5) is 5.95 Å². The molecule has 126 valence electrons. The van der Waals surface area contributed by atoms with E-state index in [1.54, 1.807) is 6.20 Å². The number of imidazole rings is 1. The van der Waals surface area contributed by atoms with E-state index in [9.17, 15) is 4.79 Å². The maximum absolute atomic E-state index is 12.2. The quantitative estimate of drug-likeness (QED) is 0.636. The summed E-state index contributed by atoms with van der Waals surface area (Å²) >= 11 is 3.43. The van der Waals surface area contributed by atoms with Gasteiger partial charge in [0.1, 0.15) is 5.60 Å². The predicted octanol–water partition coefficient (Wildman–Crippen LogP) is 3.39. The van der Waals surface area contributed by atoms with Gasteiger partial charge in [-0.25, -0.2) is 9.78 Å². The first-order valence-corrected chi connectivity index (χ1v) is 9.03. The average Bonchev–Trinajstić information content (AvgIpc) is 3.16. The number of hydrogen-bond acceptors (Lipinski definition) is 5. The van der Waals surface area contributed by atoms with Crippen LogP contribution in [0, 0.1) is 0 Å². The van der Waals surface area contributed by atoms with Gasteiger partial charge in [-0.1, -0.05) is 18.2 Å². The average molecular weight is 399 g/mol. The van der Waals surface area contributed by atoms with Crippen molar-refractivity contribution >= 4 is 39.0 Å². The summed E-state index contributed by atoms with van der Waals surface area (Å²) in [6.07, 6.45) is 3.25. The third kappa shape index (κ3) is 2.26. The highest BCUT2D eigenvalue weighted by Crippen LogP contribution is 2.44. The molecule has 0 atom stereocenters. The summed E-state index contributed by atoms with van der Waals surface area (Å²) in [4.78, 5) is 26.6. The number of nitrogens with one attached hydrogen (secondary N) is 1. The molecule has 0 saturated carbocycles. The van der Waals surface area contributed by atoms with Crippen LogP contribution in [0.2, 0.25) is 0 Å². The number of pyridine rings is 1. The molecule has 1 spiro atoms. The minimum absolute atomic E-state index is 0.207. The topological polar surface area (TPSA) is 71.1 Å². The van der Waals surface area contributed by atoms with Gasteiger partial charge < -0.3 is 14.6 Å². The summed E-state index contributed by atoms with van der Waals surface area (Å²) in [6, 6.07) is 9.69. The van der Waals surface area contributed by atoms with E-state index < -0.39 is 5.60 Å².